The fourth-order valence-corrected chi connectivity index (χ4v) is 4.21. The molecule has 0 radical (unpaired) electrons. The van der Waals surface area contributed by atoms with Crippen LogP contribution in [0.4, 0.5) is 0 Å². The molecule has 24 heavy (non-hydrogen) atoms. The summed E-state index contributed by atoms with van der Waals surface area (Å²) in [4.78, 5) is 39.6. The highest BCUT2D eigenvalue weighted by atomic mass is 31.2. The number of ketones is 1. The first-order valence-corrected chi connectivity index (χ1v) is 10.5. The average Bonchev–Trinajstić information content (AvgIpc) is 2.51. The summed E-state index contributed by atoms with van der Waals surface area (Å²) in [5.41, 5.74) is 0. The Morgan fingerprint density at radius 3 is 1.83 bits per heavy atom. The summed E-state index contributed by atoms with van der Waals surface area (Å²) in [5, 5.41) is 0. The maximum atomic E-state index is 11.5. The minimum atomic E-state index is -1.85. The number of Topliss-reactive ketones (excluding diaryl/α,β-unsaturated/α-hetero) is 1. The van der Waals surface area contributed by atoms with Crippen molar-refractivity contribution in [1.29, 1.82) is 0 Å². The van der Waals surface area contributed by atoms with Crippen molar-refractivity contribution < 1.29 is 14.6 Å². The zero-order chi connectivity index (χ0) is 17.4. The Bertz CT molecular complexity index is 386. The number of nitrogens with zero attached hydrogens (tertiary/aromatic N) is 4. The predicted molar refractivity (Wildman–Crippen MR) is 97.0 cm³/mol. The standard InChI is InChI=1S/C16H33N4O3P/c1-16(21)14-19-6-2-4-18-9-8-17(10-12-19)5-3-7-20(13-11-18)15-24(22)23/h22-23H,2-15H2,1H3. The zero-order valence-corrected chi connectivity index (χ0v) is 15.8. The first kappa shape index (κ1) is 20.2. The summed E-state index contributed by atoms with van der Waals surface area (Å²) >= 11 is 0. The number of fused-ring (bicyclic) bond motifs is 3. The lowest BCUT2D eigenvalue weighted by Gasteiger charge is -2.35. The highest BCUT2D eigenvalue weighted by molar-refractivity contribution is 7.44. The van der Waals surface area contributed by atoms with Gasteiger partial charge in [-0.2, -0.15) is 0 Å². The smallest absolute Gasteiger partial charge is 0.180 e. The minimum absolute atomic E-state index is 0.247. The van der Waals surface area contributed by atoms with Gasteiger partial charge in [-0.3, -0.25) is 14.6 Å². The molecule has 0 aliphatic carbocycles. The van der Waals surface area contributed by atoms with Crippen molar-refractivity contribution in [2.75, 3.05) is 78.3 Å². The van der Waals surface area contributed by atoms with E-state index in [4.69, 9.17) is 0 Å². The van der Waals surface area contributed by atoms with Gasteiger partial charge in [-0.15, -0.1) is 0 Å². The molecular weight excluding hydrogens is 327 g/mol. The SMILES string of the molecule is CC(=O)CN1CCCN2CCN(CCCN(CP(O)O)CC2)CC1. The Labute approximate surface area is 147 Å². The van der Waals surface area contributed by atoms with Crippen LogP contribution in [-0.4, -0.2) is 113 Å². The maximum absolute atomic E-state index is 11.5. The molecule has 2 unspecified atom stereocenters. The molecule has 0 aromatic carbocycles. The van der Waals surface area contributed by atoms with E-state index in [0.29, 0.717) is 12.8 Å². The van der Waals surface area contributed by atoms with E-state index in [1.807, 2.05) is 0 Å². The number of hydrogen-bond acceptors (Lipinski definition) is 7. The molecule has 7 nitrogen and oxygen atoms in total. The van der Waals surface area contributed by atoms with Crippen molar-refractivity contribution in [3.8, 4) is 0 Å². The van der Waals surface area contributed by atoms with Gasteiger partial charge in [0.2, 0.25) is 0 Å². The highest BCUT2D eigenvalue weighted by Gasteiger charge is 2.19. The summed E-state index contributed by atoms with van der Waals surface area (Å²) in [6, 6.07) is 0. The molecule has 0 spiro atoms. The van der Waals surface area contributed by atoms with Crippen molar-refractivity contribution >= 4 is 14.2 Å². The Morgan fingerprint density at radius 2 is 1.29 bits per heavy atom. The molecule has 2 N–H and O–H groups in total. The second-order valence-electron chi connectivity index (χ2n) is 7.00. The van der Waals surface area contributed by atoms with Gasteiger partial charge in [0.15, 0.2) is 8.38 Å². The Balaban J connectivity index is 1.95. The third-order valence-corrected chi connectivity index (χ3v) is 5.52. The third-order valence-electron chi connectivity index (χ3n) is 4.87. The first-order valence-electron chi connectivity index (χ1n) is 9.07. The zero-order valence-electron chi connectivity index (χ0n) is 14.9. The molecule has 2 atom stereocenters. The van der Waals surface area contributed by atoms with Gasteiger partial charge in [-0.25, -0.2) is 0 Å². The van der Waals surface area contributed by atoms with Crippen LogP contribution in [0.15, 0.2) is 0 Å². The second-order valence-corrected chi connectivity index (χ2v) is 8.03. The van der Waals surface area contributed by atoms with Gasteiger partial charge in [0.1, 0.15) is 5.78 Å². The van der Waals surface area contributed by atoms with Crippen molar-refractivity contribution in [3.63, 3.8) is 0 Å². The molecule has 8 heteroatoms. The third kappa shape index (κ3) is 7.83. The van der Waals surface area contributed by atoms with Gasteiger partial charge in [0.05, 0.1) is 12.8 Å². The van der Waals surface area contributed by atoms with Gasteiger partial charge in [-0.05, 0) is 45.9 Å². The molecule has 2 saturated heterocycles. The average molecular weight is 360 g/mol. The molecule has 2 bridgehead atoms. The fourth-order valence-electron chi connectivity index (χ4n) is 3.57. The summed E-state index contributed by atoms with van der Waals surface area (Å²) in [7, 11) is -1.85. The monoisotopic (exact) mass is 360 g/mol. The molecule has 0 aromatic rings. The lowest BCUT2D eigenvalue weighted by atomic mass is 10.2. The molecular formula is C16H33N4O3P. The van der Waals surface area contributed by atoms with E-state index in [-0.39, 0.29) is 5.78 Å². The molecule has 2 aliphatic rings. The first-order chi connectivity index (χ1) is 11.5. The van der Waals surface area contributed by atoms with Gasteiger partial charge < -0.3 is 19.6 Å². The lowest BCUT2D eigenvalue weighted by molar-refractivity contribution is -0.118. The van der Waals surface area contributed by atoms with Gasteiger partial charge in [-0.1, -0.05) is 0 Å². The van der Waals surface area contributed by atoms with Gasteiger partial charge in [0, 0.05) is 39.3 Å². The molecule has 0 saturated carbocycles. The number of hydrogen-bond donors (Lipinski definition) is 2. The van der Waals surface area contributed by atoms with Crippen molar-refractivity contribution in [3.05, 3.63) is 0 Å². The molecule has 2 fully saturated rings. The Morgan fingerprint density at radius 1 is 0.792 bits per heavy atom. The highest BCUT2D eigenvalue weighted by Crippen LogP contribution is 2.24. The van der Waals surface area contributed by atoms with Crippen LogP contribution in [0.2, 0.25) is 0 Å². The van der Waals surface area contributed by atoms with Crippen LogP contribution in [0.3, 0.4) is 0 Å². The summed E-state index contributed by atoms with van der Waals surface area (Å²) in [6.45, 7) is 12.2. The van der Waals surface area contributed by atoms with E-state index in [2.05, 4.69) is 19.6 Å². The van der Waals surface area contributed by atoms with Crippen molar-refractivity contribution in [2.24, 2.45) is 0 Å². The molecule has 2 aliphatic heterocycles. The number of carbonyl (C=O) groups is 1. The number of carbonyl (C=O) groups excluding carboxylic acids is 1. The van der Waals surface area contributed by atoms with Gasteiger partial charge >= 0.3 is 0 Å². The predicted octanol–water partition coefficient (Wildman–Crippen LogP) is -0.155. The van der Waals surface area contributed by atoms with Crippen LogP contribution >= 0.6 is 8.38 Å². The summed E-state index contributed by atoms with van der Waals surface area (Å²) in [6.07, 6.45) is 2.53. The molecule has 2 heterocycles. The van der Waals surface area contributed by atoms with Crippen LogP contribution in [0.5, 0.6) is 0 Å². The number of rotatable bonds is 4. The summed E-state index contributed by atoms with van der Waals surface area (Å²) in [5.74, 6) is 0.247. The van der Waals surface area contributed by atoms with Gasteiger partial charge in [0.25, 0.3) is 0 Å². The van der Waals surface area contributed by atoms with Crippen LogP contribution in [0.25, 0.3) is 0 Å². The van der Waals surface area contributed by atoms with E-state index >= 15 is 0 Å². The normalized spacial score (nSPS) is 28.8. The molecule has 2 rings (SSSR count). The van der Waals surface area contributed by atoms with E-state index in [9.17, 15) is 14.6 Å². The maximum Gasteiger partial charge on any atom is 0.180 e. The van der Waals surface area contributed by atoms with E-state index in [1.54, 1.807) is 6.92 Å². The van der Waals surface area contributed by atoms with Crippen molar-refractivity contribution in [2.45, 2.75) is 19.8 Å². The molecule has 140 valence electrons. The molecule has 0 amide bonds. The lowest BCUT2D eigenvalue weighted by Crippen LogP contribution is -2.47. The van der Waals surface area contributed by atoms with Crippen LogP contribution in [0, 0.1) is 0 Å². The topological polar surface area (TPSA) is 70.5 Å². The van der Waals surface area contributed by atoms with Crippen LogP contribution in [0.1, 0.15) is 19.8 Å². The second kappa shape index (κ2) is 10.8. The van der Waals surface area contributed by atoms with E-state index in [1.165, 1.54) is 0 Å². The molecule has 0 aromatic heterocycles. The summed E-state index contributed by atoms with van der Waals surface area (Å²) < 4.78 is 0. The van der Waals surface area contributed by atoms with Crippen LogP contribution in [-0.2, 0) is 4.79 Å². The van der Waals surface area contributed by atoms with E-state index < -0.39 is 8.38 Å². The largest absolute Gasteiger partial charge is 0.349 e. The van der Waals surface area contributed by atoms with E-state index in [0.717, 1.165) is 78.3 Å². The Kier molecular flexibility index (Phi) is 9.05. The quantitative estimate of drug-likeness (QED) is 0.676. The Hall–Kier alpha value is -0.140. The van der Waals surface area contributed by atoms with Crippen LogP contribution < -0.4 is 0 Å². The van der Waals surface area contributed by atoms with Crippen molar-refractivity contribution in [1.82, 2.24) is 19.6 Å². The minimum Gasteiger partial charge on any atom is -0.349 e. The fraction of sp³-hybridized carbons (Fsp3) is 0.938.